The van der Waals surface area contributed by atoms with Crippen molar-refractivity contribution in [1.29, 1.82) is 0 Å². The maximum Gasteiger partial charge on any atom is 0.255 e. The summed E-state index contributed by atoms with van der Waals surface area (Å²) in [4.78, 5) is 12.2. The van der Waals surface area contributed by atoms with Crippen LogP contribution in [-0.2, 0) is 14.8 Å². The van der Waals surface area contributed by atoms with E-state index >= 15 is 0 Å². The summed E-state index contributed by atoms with van der Waals surface area (Å²) in [5.74, 6) is 0.661. The molecule has 0 saturated heterocycles. The number of carbonyl (C=O) groups is 1. The number of sulfonamides is 1. The molecule has 0 unspecified atom stereocenters. The molecule has 10 heteroatoms. The lowest BCUT2D eigenvalue weighted by Crippen LogP contribution is -2.36. The topological polar surface area (TPSA) is 107 Å². The van der Waals surface area contributed by atoms with Crippen LogP contribution in [0.1, 0.15) is 5.56 Å². The second-order valence-electron chi connectivity index (χ2n) is 5.79. The van der Waals surface area contributed by atoms with Gasteiger partial charge >= 0.3 is 0 Å². The molecule has 9 nitrogen and oxygen atoms in total. The van der Waals surface area contributed by atoms with Crippen LogP contribution in [0.15, 0.2) is 52.5 Å². The summed E-state index contributed by atoms with van der Waals surface area (Å²) in [5.41, 5.74) is 2.84. The minimum absolute atomic E-state index is 0.105. The molecule has 0 spiro atoms. The van der Waals surface area contributed by atoms with Crippen molar-refractivity contribution < 1.29 is 27.4 Å². The minimum atomic E-state index is -3.77. The number of hydrogen-bond donors (Lipinski definition) is 1. The lowest BCUT2D eigenvalue weighted by atomic mass is 10.2. The molecule has 0 fully saturated rings. The fourth-order valence-corrected chi connectivity index (χ4v) is 3.64. The highest BCUT2D eigenvalue weighted by molar-refractivity contribution is 7.89. The molecule has 29 heavy (non-hydrogen) atoms. The molecule has 156 valence electrons. The molecular weight excluding hydrogens is 398 g/mol. The number of hydrazone groups is 1. The first-order valence-electron chi connectivity index (χ1n) is 8.47. The zero-order chi connectivity index (χ0) is 21.4. The first-order valence-corrected chi connectivity index (χ1v) is 9.91. The van der Waals surface area contributed by atoms with Crippen LogP contribution in [-0.4, -0.2) is 59.8 Å². The molecule has 0 atom stereocenters. The number of likely N-dealkylation sites (N-methyl/N-ethyl adjacent to an activating group) is 1. The molecule has 2 aromatic carbocycles. The first kappa shape index (κ1) is 22.2. The van der Waals surface area contributed by atoms with E-state index < -0.39 is 22.5 Å². The number of ether oxygens (including phenoxy) is 3. The van der Waals surface area contributed by atoms with Crippen LogP contribution in [0.25, 0.3) is 0 Å². The monoisotopic (exact) mass is 421 g/mol. The number of carbonyl (C=O) groups excluding carboxylic acids is 1. The number of methoxy groups -OCH3 is 3. The Morgan fingerprint density at radius 3 is 2.28 bits per heavy atom. The zero-order valence-electron chi connectivity index (χ0n) is 16.6. The summed E-state index contributed by atoms with van der Waals surface area (Å²) in [5, 5.41) is 3.87. The molecular formula is C19H23N3O6S. The summed E-state index contributed by atoms with van der Waals surface area (Å²) in [7, 11) is 2.01. The highest BCUT2D eigenvalue weighted by Crippen LogP contribution is 2.38. The lowest BCUT2D eigenvalue weighted by molar-refractivity contribution is -0.121. The Morgan fingerprint density at radius 2 is 1.69 bits per heavy atom. The van der Waals surface area contributed by atoms with Gasteiger partial charge in [0, 0.05) is 12.6 Å². The van der Waals surface area contributed by atoms with E-state index in [2.05, 4.69) is 10.5 Å². The predicted octanol–water partition coefficient (Wildman–Crippen LogP) is 1.48. The number of benzene rings is 2. The molecule has 0 heterocycles. The Hall–Kier alpha value is -3.11. The zero-order valence-corrected chi connectivity index (χ0v) is 17.4. The molecule has 0 radical (unpaired) electrons. The highest BCUT2D eigenvalue weighted by atomic mass is 32.2. The van der Waals surface area contributed by atoms with Crippen LogP contribution >= 0.6 is 0 Å². The van der Waals surface area contributed by atoms with E-state index in [0.29, 0.717) is 22.8 Å². The Balaban J connectivity index is 2.07. The van der Waals surface area contributed by atoms with Crippen molar-refractivity contribution in [3.63, 3.8) is 0 Å². The molecule has 1 amide bonds. The Morgan fingerprint density at radius 1 is 1.03 bits per heavy atom. The van der Waals surface area contributed by atoms with Crippen molar-refractivity contribution in [3.8, 4) is 17.2 Å². The average molecular weight is 421 g/mol. The van der Waals surface area contributed by atoms with Gasteiger partial charge in [0.25, 0.3) is 5.91 Å². The van der Waals surface area contributed by atoms with Crippen molar-refractivity contribution in [2.75, 3.05) is 34.9 Å². The smallest absolute Gasteiger partial charge is 0.255 e. The maximum absolute atomic E-state index is 12.4. The van der Waals surface area contributed by atoms with Gasteiger partial charge in [-0.05, 0) is 24.3 Å². The van der Waals surface area contributed by atoms with Crippen LogP contribution in [0.3, 0.4) is 0 Å². The number of amides is 1. The molecule has 0 bridgehead atoms. The van der Waals surface area contributed by atoms with Gasteiger partial charge < -0.3 is 14.2 Å². The fourth-order valence-electron chi connectivity index (χ4n) is 2.49. The van der Waals surface area contributed by atoms with Crippen molar-refractivity contribution in [3.05, 3.63) is 48.0 Å². The van der Waals surface area contributed by atoms with Crippen molar-refractivity contribution >= 4 is 22.1 Å². The van der Waals surface area contributed by atoms with Gasteiger partial charge in [0.05, 0.1) is 39.0 Å². The maximum atomic E-state index is 12.4. The van der Waals surface area contributed by atoms with E-state index in [4.69, 9.17) is 14.2 Å². The van der Waals surface area contributed by atoms with Gasteiger partial charge in [0.2, 0.25) is 15.8 Å². The van der Waals surface area contributed by atoms with E-state index in [1.54, 1.807) is 30.3 Å². The molecule has 0 aliphatic rings. The van der Waals surface area contributed by atoms with Crippen molar-refractivity contribution in [2.24, 2.45) is 5.10 Å². The van der Waals surface area contributed by atoms with Gasteiger partial charge in [-0.1, -0.05) is 18.2 Å². The van der Waals surface area contributed by atoms with E-state index in [9.17, 15) is 13.2 Å². The Bertz CT molecular complexity index is 977. The molecule has 0 aromatic heterocycles. The number of rotatable bonds is 9. The number of hydrogen-bond acceptors (Lipinski definition) is 7. The Kier molecular flexibility index (Phi) is 7.57. The highest BCUT2D eigenvalue weighted by Gasteiger charge is 2.22. The normalized spacial score (nSPS) is 11.5. The van der Waals surface area contributed by atoms with Gasteiger partial charge in [0.1, 0.15) is 0 Å². The van der Waals surface area contributed by atoms with Gasteiger partial charge in [-0.3, -0.25) is 4.79 Å². The van der Waals surface area contributed by atoms with E-state index in [1.165, 1.54) is 46.7 Å². The molecule has 0 saturated carbocycles. The van der Waals surface area contributed by atoms with Crippen LogP contribution < -0.4 is 19.6 Å². The van der Waals surface area contributed by atoms with Crippen molar-refractivity contribution in [2.45, 2.75) is 4.90 Å². The van der Waals surface area contributed by atoms with Gasteiger partial charge in [-0.2, -0.15) is 9.41 Å². The van der Waals surface area contributed by atoms with E-state index in [1.807, 2.05) is 0 Å². The van der Waals surface area contributed by atoms with Crippen molar-refractivity contribution in [1.82, 2.24) is 9.73 Å². The molecule has 0 aliphatic heterocycles. The standard InChI is InChI=1S/C19H23N3O6S/c1-22(29(24,25)15-8-6-5-7-9-15)13-17(23)21-20-12-14-10-11-16(26-2)19(28-4)18(14)27-3/h5-12H,13H2,1-4H3,(H,21,23)/b20-12-. The summed E-state index contributed by atoms with van der Waals surface area (Å²) in [6.45, 7) is -0.391. The summed E-state index contributed by atoms with van der Waals surface area (Å²) in [6, 6.07) is 11.2. The van der Waals surface area contributed by atoms with E-state index in [0.717, 1.165) is 4.31 Å². The van der Waals surface area contributed by atoms with Crippen LogP contribution in [0.4, 0.5) is 0 Å². The first-order chi connectivity index (χ1) is 13.8. The van der Waals surface area contributed by atoms with E-state index in [-0.39, 0.29) is 4.90 Å². The summed E-state index contributed by atoms with van der Waals surface area (Å²) < 4.78 is 41.7. The van der Waals surface area contributed by atoms with Gasteiger partial charge in [-0.25, -0.2) is 13.8 Å². The third kappa shape index (κ3) is 5.24. The van der Waals surface area contributed by atoms with Crippen LogP contribution in [0.2, 0.25) is 0 Å². The molecule has 1 N–H and O–H groups in total. The van der Waals surface area contributed by atoms with Gasteiger partial charge in [-0.15, -0.1) is 0 Å². The molecule has 0 aliphatic carbocycles. The SMILES string of the molecule is COc1ccc(/C=N\NC(=O)CN(C)S(=O)(=O)c2ccccc2)c(OC)c1OC. The quantitative estimate of drug-likeness (QED) is 0.486. The number of nitrogens with zero attached hydrogens (tertiary/aromatic N) is 2. The molecule has 2 rings (SSSR count). The minimum Gasteiger partial charge on any atom is -0.493 e. The predicted molar refractivity (Wildman–Crippen MR) is 108 cm³/mol. The average Bonchev–Trinajstić information content (AvgIpc) is 2.73. The number of nitrogens with one attached hydrogen (secondary N) is 1. The van der Waals surface area contributed by atoms with Gasteiger partial charge in [0.15, 0.2) is 11.5 Å². The van der Waals surface area contributed by atoms with Crippen LogP contribution in [0.5, 0.6) is 17.2 Å². The Labute approximate surface area is 169 Å². The molecule has 2 aromatic rings. The van der Waals surface area contributed by atoms with Crippen LogP contribution in [0, 0.1) is 0 Å². The largest absolute Gasteiger partial charge is 0.493 e. The third-order valence-corrected chi connectivity index (χ3v) is 5.76. The lowest BCUT2D eigenvalue weighted by Gasteiger charge is -2.16. The fraction of sp³-hybridized carbons (Fsp3) is 0.263. The summed E-state index contributed by atoms with van der Waals surface area (Å²) in [6.07, 6.45) is 1.37. The summed E-state index contributed by atoms with van der Waals surface area (Å²) >= 11 is 0. The second kappa shape index (κ2) is 9.89. The third-order valence-electron chi connectivity index (χ3n) is 3.95. The second-order valence-corrected chi connectivity index (χ2v) is 7.84.